The zero-order valence-electron chi connectivity index (χ0n) is 13.6. The Kier molecular flexibility index (Phi) is 5.41. The Hall–Kier alpha value is -2.04. The van der Waals surface area contributed by atoms with Crippen molar-refractivity contribution in [1.29, 1.82) is 0 Å². The van der Waals surface area contributed by atoms with Gasteiger partial charge in [-0.05, 0) is 36.5 Å². The van der Waals surface area contributed by atoms with E-state index in [0.29, 0.717) is 5.92 Å². The van der Waals surface area contributed by atoms with Crippen molar-refractivity contribution in [3.8, 4) is 0 Å². The quantitative estimate of drug-likeness (QED) is 0.822. The van der Waals surface area contributed by atoms with Gasteiger partial charge in [0.2, 0.25) is 5.91 Å². The summed E-state index contributed by atoms with van der Waals surface area (Å²) in [6, 6.07) is 8.05. The molecule has 1 aromatic rings. The van der Waals surface area contributed by atoms with E-state index in [1.165, 1.54) is 0 Å². The fraction of sp³-hybridized carbons (Fsp3) is 0.529. The molecule has 1 aliphatic rings. The lowest BCUT2D eigenvalue weighted by molar-refractivity contribution is -0.119. The second kappa shape index (κ2) is 7.29. The van der Waals surface area contributed by atoms with Crippen LogP contribution in [0.5, 0.6) is 0 Å². The standard InChI is InChI=1S/C17H25N3O2/c1-12(2)11-15(17(18)21)13-6-8-14(9-7-13)20-10-4-5-16(20)19-22-3/h6-9,12,15H,4-5,10-11H2,1-3H3,(H2,18,21). The first-order chi connectivity index (χ1) is 10.5. The van der Waals surface area contributed by atoms with Crippen LogP contribution in [0.4, 0.5) is 5.69 Å². The third-order valence-corrected chi connectivity index (χ3v) is 3.95. The van der Waals surface area contributed by atoms with Crippen molar-refractivity contribution in [2.24, 2.45) is 16.8 Å². The van der Waals surface area contributed by atoms with Crippen molar-refractivity contribution >= 4 is 17.4 Å². The number of rotatable bonds is 6. The molecule has 1 unspecified atom stereocenters. The van der Waals surface area contributed by atoms with Gasteiger partial charge in [-0.2, -0.15) is 0 Å². The number of hydrogen-bond acceptors (Lipinski definition) is 3. The van der Waals surface area contributed by atoms with Gasteiger partial charge in [0.05, 0.1) is 5.92 Å². The Bertz CT molecular complexity index is 537. The summed E-state index contributed by atoms with van der Waals surface area (Å²) in [6.07, 6.45) is 2.77. The van der Waals surface area contributed by atoms with Gasteiger partial charge >= 0.3 is 0 Å². The van der Waals surface area contributed by atoms with E-state index in [1.54, 1.807) is 7.11 Å². The van der Waals surface area contributed by atoms with E-state index < -0.39 is 0 Å². The molecule has 0 saturated carbocycles. The van der Waals surface area contributed by atoms with Gasteiger partial charge in [-0.3, -0.25) is 4.79 Å². The van der Waals surface area contributed by atoms with Gasteiger partial charge in [-0.15, -0.1) is 0 Å². The van der Waals surface area contributed by atoms with Crippen LogP contribution in [0.1, 0.15) is 44.6 Å². The van der Waals surface area contributed by atoms with Gasteiger partial charge in [0.25, 0.3) is 0 Å². The fourth-order valence-corrected chi connectivity index (χ4v) is 2.91. The molecule has 0 aromatic heterocycles. The Balaban J connectivity index is 2.19. The van der Waals surface area contributed by atoms with E-state index in [0.717, 1.165) is 42.9 Å². The average molecular weight is 303 g/mol. The Morgan fingerprint density at radius 1 is 1.36 bits per heavy atom. The van der Waals surface area contributed by atoms with Crippen molar-refractivity contribution in [2.45, 2.75) is 39.0 Å². The Morgan fingerprint density at radius 2 is 2.05 bits per heavy atom. The van der Waals surface area contributed by atoms with Crippen LogP contribution in [0.15, 0.2) is 29.4 Å². The van der Waals surface area contributed by atoms with Crippen LogP contribution >= 0.6 is 0 Å². The van der Waals surface area contributed by atoms with Crippen LogP contribution in [0.2, 0.25) is 0 Å². The lowest BCUT2D eigenvalue weighted by atomic mass is 9.89. The number of anilines is 1. The van der Waals surface area contributed by atoms with E-state index in [4.69, 9.17) is 10.6 Å². The third kappa shape index (κ3) is 3.78. The molecule has 1 fully saturated rings. The minimum absolute atomic E-state index is 0.222. The molecule has 5 heteroatoms. The molecule has 5 nitrogen and oxygen atoms in total. The lowest BCUT2D eigenvalue weighted by Crippen LogP contribution is -2.25. The molecule has 120 valence electrons. The first-order valence-electron chi connectivity index (χ1n) is 7.79. The second-order valence-electron chi connectivity index (χ2n) is 6.12. The van der Waals surface area contributed by atoms with Crippen molar-refractivity contribution in [3.05, 3.63) is 29.8 Å². The predicted molar refractivity (Wildman–Crippen MR) is 88.9 cm³/mol. The maximum atomic E-state index is 11.7. The van der Waals surface area contributed by atoms with Gasteiger partial charge in [0, 0.05) is 18.7 Å². The van der Waals surface area contributed by atoms with Crippen LogP contribution in [-0.2, 0) is 9.63 Å². The second-order valence-corrected chi connectivity index (χ2v) is 6.12. The van der Waals surface area contributed by atoms with Crippen LogP contribution in [-0.4, -0.2) is 25.4 Å². The predicted octanol–water partition coefficient (Wildman–Crippen LogP) is 2.86. The SMILES string of the molecule is CON=C1CCCN1c1ccc(C(CC(C)C)C(N)=O)cc1. The van der Waals surface area contributed by atoms with Gasteiger partial charge in [0.1, 0.15) is 12.9 Å². The van der Waals surface area contributed by atoms with Crippen LogP contribution in [0, 0.1) is 5.92 Å². The highest BCUT2D eigenvalue weighted by atomic mass is 16.6. The zero-order valence-corrected chi connectivity index (χ0v) is 13.6. The Morgan fingerprint density at radius 3 is 2.59 bits per heavy atom. The van der Waals surface area contributed by atoms with Gasteiger partial charge < -0.3 is 15.5 Å². The van der Waals surface area contributed by atoms with Gasteiger partial charge in [-0.25, -0.2) is 0 Å². The highest BCUT2D eigenvalue weighted by molar-refractivity contribution is 5.99. The van der Waals surface area contributed by atoms with E-state index in [-0.39, 0.29) is 11.8 Å². The molecule has 1 saturated heterocycles. The number of carbonyl (C=O) groups is 1. The maximum absolute atomic E-state index is 11.7. The lowest BCUT2D eigenvalue weighted by Gasteiger charge is -2.20. The first-order valence-corrected chi connectivity index (χ1v) is 7.79. The molecule has 1 amide bonds. The number of benzene rings is 1. The number of amides is 1. The van der Waals surface area contributed by atoms with E-state index in [2.05, 4.69) is 23.9 Å². The van der Waals surface area contributed by atoms with Crippen LogP contribution in [0.25, 0.3) is 0 Å². The number of nitrogens with zero attached hydrogens (tertiary/aromatic N) is 2. The van der Waals surface area contributed by atoms with E-state index in [1.807, 2.05) is 24.3 Å². The molecule has 2 rings (SSSR count). The fourth-order valence-electron chi connectivity index (χ4n) is 2.91. The third-order valence-electron chi connectivity index (χ3n) is 3.95. The Labute approximate surface area is 132 Å². The minimum atomic E-state index is -0.260. The van der Waals surface area contributed by atoms with E-state index >= 15 is 0 Å². The van der Waals surface area contributed by atoms with Crippen molar-refractivity contribution in [3.63, 3.8) is 0 Å². The normalized spacial score (nSPS) is 18.0. The number of hydrogen-bond donors (Lipinski definition) is 1. The summed E-state index contributed by atoms with van der Waals surface area (Å²) >= 11 is 0. The minimum Gasteiger partial charge on any atom is -0.398 e. The summed E-state index contributed by atoms with van der Waals surface area (Å²) in [7, 11) is 1.57. The number of oxime groups is 1. The summed E-state index contributed by atoms with van der Waals surface area (Å²) in [6.45, 7) is 5.14. The summed E-state index contributed by atoms with van der Waals surface area (Å²) in [5.74, 6) is 0.893. The molecule has 22 heavy (non-hydrogen) atoms. The van der Waals surface area contributed by atoms with Crippen LogP contribution in [0.3, 0.4) is 0 Å². The molecule has 1 heterocycles. The largest absolute Gasteiger partial charge is 0.398 e. The molecular formula is C17H25N3O2. The van der Waals surface area contributed by atoms with Crippen molar-refractivity contribution < 1.29 is 9.63 Å². The summed E-state index contributed by atoms with van der Waals surface area (Å²) in [5, 5.41) is 4.08. The maximum Gasteiger partial charge on any atom is 0.224 e. The van der Waals surface area contributed by atoms with Crippen molar-refractivity contribution in [1.82, 2.24) is 0 Å². The van der Waals surface area contributed by atoms with Crippen molar-refractivity contribution in [2.75, 3.05) is 18.6 Å². The topological polar surface area (TPSA) is 67.9 Å². The number of carbonyl (C=O) groups excluding carboxylic acids is 1. The molecule has 2 N–H and O–H groups in total. The molecule has 1 aliphatic heterocycles. The molecule has 0 spiro atoms. The summed E-state index contributed by atoms with van der Waals surface area (Å²) in [5.41, 5.74) is 7.61. The van der Waals surface area contributed by atoms with Crippen LogP contribution < -0.4 is 10.6 Å². The summed E-state index contributed by atoms with van der Waals surface area (Å²) in [4.78, 5) is 18.7. The molecule has 0 radical (unpaired) electrons. The first kappa shape index (κ1) is 16.3. The molecule has 1 atom stereocenters. The number of amidine groups is 1. The monoisotopic (exact) mass is 303 g/mol. The number of nitrogens with two attached hydrogens (primary N) is 1. The molecule has 1 aromatic carbocycles. The average Bonchev–Trinajstić information content (AvgIpc) is 2.93. The molecular weight excluding hydrogens is 278 g/mol. The molecule has 0 aliphatic carbocycles. The number of primary amides is 1. The zero-order chi connectivity index (χ0) is 16.1. The summed E-state index contributed by atoms with van der Waals surface area (Å²) < 4.78 is 0. The smallest absolute Gasteiger partial charge is 0.224 e. The highest BCUT2D eigenvalue weighted by Gasteiger charge is 2.23. The van der Waals surface area contributed by atoms with Gasteiger partial charge in [0.15, 0.2) is 0 Å². The highest BCUT2D eigenvalue weighted by Crippen LogP contribution is 2.28. The molecule has 0 bridgehead atoms. The van der Waals surface area contributed by atoms with Gasteiger partial charge in [-0.1, -0.05) is 31.1 Å². The van der Waals surface area contributed by atoms with E-state index in [9.17, 15) is 4.79 Å².